The number of unbranched alkanes of at least 4 members (excludes halogenated alkanes) is 2. The molecule has 0 saturated carbocycles. The molecule has 3 N–H and O–H groups in total. The van der Waals surface area contributed by atoms with Crippen molar-refractivity contribution in [3.8, 4) is 16.9 Å². The average molecular weight is 534 g/mol. The first-order valence-corrected chi connectivity index (χ1v) is 14.0. The summed E-state index contributed by atoms with van der Waals surface area (Å²) in [6.07, 6.45) is 6.51. The molecule has 0 aliphatic heterocycles. The minimum absolute atomic E-state index is 0.0240. The van der Waals surface area contributed by atoms with Gasteiger partial charge in [-0.2, -0.15) is 4.72 Å². The van der Waals surface area contributed by atoms with Crippen LogP contribution in [0.25, 0.3) is 16.9 Å². The van der Waals surface area contributed by atoms with Crippen LogP contribution in [0.15, 0.2) is 90.0 Å². The van der Waals surface area contributed by atoms with Gasteiger partial charge in [-0.1, -0.05) is 79.6 Å². The van der Waals surface area contributed by atoms with Crippen molar-refractivity contribution in [1.29, 1.82) is 0 Å². The standard InChI is InChI=1S/C28H31N5O4S/c1-2-3-5-8-21-11-13-23(14-12-21)27-20-33(32-29-27)24-15-17-25(18-16-24)38(36,37)31-26(28(34)30-35)19-22-9-6-4-7-10-22/h4,6-7,9-18,20,26,31,35H,2-3,5,8,19H2,1H3,(H,30,34). The van der Waals surface area contributed by atoms with Crippen molar-refractivity contribution < 1.29 is 18.4 Å². The van der Waals surface area contributed by atoms with Gasteiger partial charge in [0.1, 0.15) is 11.7 Å². The molecule has 1 heterocycles. The lowest BCUT2D eigenvalue weighted by Gasteiger charge is -2.17. The highest BCUT2D eigenvalue weighted by Gasteiger charge is 2.26. The Hall–Kier alpha value is -3.86. The van der Waals surface area contributed by atoms with E-state index in [4.69, 9.17) is 5.21 Å². The molecule has 38 heavy (non-hydrogen) atoms. The highest BCUT2D eigenvalue weighted by Crippen LogP contribution is 2.20. The Morgan fingerprint density at radius 2 is 1.66 bits per heavy atom. The normalized spacial score (nSPS) is 12.3. The predicted molar refractivity (Wildman–Crippen MR) is 144 cm³/mol. The Labute approximate surface area is 222 Å². The third kappa shape index (κ3) is 6.91. The van der Waals surface area contributed by atoms with Gasteiger partial charge in [-0.3, -0.25) is 10.0 Å². The Bertz CT molecular complexity index is 1440. The molecule has 4 aromatic rings. The molecule has 1 unspecified atom stereocenters. The van der Waals surface area contributed by atoms with E-state index in [-0.39, 0.29) is 11.3 Å². The quantitative estimate of drug-likeness (QED) is 0.143. The minimum atomic E-state index is -4.05. The summed E-state index contributed by atoms with van der Waals surface area (Å²) in [5.74, 6) is -0.849. The molecule has 0 aliphatic rings. The molecule has 0 aliphatic carbocycles. The van der Waals surface area contributed by atoms with Gasteiger partial charge in [0.15, 0.2) is 0 Å². The maximum atomic E-state index is 13.0. The number of nitrogens with zero attached hydrogens (tertiary/aromatic N) is 3. The third-order valence-electron chi connectivity index (χ3n) is 6.23. The van der Waals surface area contributed by atoms with Crippen molar-refractivity contribution in [3.05, 3.63) is 96.2 Å². The highest BCUT2D eigenvalue weighted by atomic mass is 32.2. The third-order valence-corrected chi connectivity index (χ3v) is 7.72. The number of benzene rings is 3. The first-order valence-electron chi connectivity index (χ1n) is 12.5. The van der Waals surface area contributed by atoms with Crippen LogP contribution in [0.5, 0.6) is 0 Å². The minimum Gasteiger partial charge on any atom is -0.289 e. The molecule has 1 atom stereocenters. The first kappa shape index (κ1) is 27.2. The van der Waals surface area contributed by atoms with Crippen LogP contribution in [-0.4, -0.2) is 40.6 Å². The molecular weight excluding hydrogens is 502 g/mol. The number of hydrogen-bond donors (Lipinski definition) is 3. The lowest BCUT2D eigenvalue weighted by molar-refractivity contribution is -0.130. The van der Waals surface area contributed by atoms with Crippen LogP contribution in [0.1, 0.15) is 37.3 Å². The number of hydroxylamine groups is 1. The lowest BCUT2D eigenvalue weighted by atomic mass is 10.0. The first-order chi connectivity index (χ1) is 18.4. The fourth-order valence-electron chi connectivity index (χ4n) is 4.09. The van der Waals surface area contributed by atoms with E-state index in [2.05, 4.69) is 34.1 Å². The summed E-state index contributed by atoms with van der Waals surface area (Å²) in [6, 6.07) is 22.1. The van der Waals surface area contributed by atoms with Crippen molar-refractivity contribution in [2.45, 2.75) is 50.0 Å². The van der Waals surface area contributed by atoms with E-state index in [0.29, 0.717) is 11.4 Å². The van der Waals surface area contributed by atoms with Crippen molar-refractivity contribution in [2.75, 3.05) is 0 Å². The van der Waals surface area contributed by atoms with Crippen LogP contribution in [0, 0.1) is 0 Å². The predicted octanol–water partition coefficient (Wildman–Crippen LogP) is 4.06. The lowest BCUT2D eigenvalue weighted by Crippen LogP contribution is -2.47. The summed E-state index contributed by atoms with van der Waals surface area (Å²) >= 11 is 0. The zero-order valence-corrected chi connectivity index (χ0v) is 21.9. The van der Waals surface area contributed by atoms with E-state index in [1.165, 1.54) is 42.4 Å². The maximum Gasteiger partial charge on any atom is 0.261 e. The number of sulfonamides is 1. The summed E-state index contributed by atoms with van der Waals surface area (Å²) < 4.78 is 29.9. The number of carbonyl (C=O) groups excluding carboxylic acids is 1. The van der Waals surface area contributed by atoms with Crippen molar-refractivity contribution in [1.82, 2.24) is 25.2 Å². The number of aromatic nitrogens is 3. The zero-order chi connectivity index (χ0) is 27.0. The molecule has 10 heteroatoms. The largest absolute Gasteiger partial charge is 0.289 e. The van der Waals surface area contributed by atoms with Gasteiger partial charge in [-0.25, -0.2) is 18.6 Å². The number of rotatable bonds is 12. The van der Waals surface area contributed by atoms with E-state index < -0.39 is 22.0 Å². The van der Waals surface area contributed by atoms with E-state index in [1.807, 2.05) is 18.2 Å². The van der Waals surface area contributed by atoms with Crippen LogP contribution in [0.2, 0.25) is 0 Å². The van der Waals surface area contributed by atoms with Crippen LogP contribution in [-0.2, 0) is 27.7 Å². The molecule has 1 amide bonds. The fraction of sp³-hybridized carbons (Fsp3) is 0.250. The van der Waals surface area contributed by atoms with Gasteiger partial charge in [0.2, 0.25) is 10.0 Å². The topological polar surface area (TPSA) is 126 Å². The van der Waals surface area contributed by atoms with Crippen LogP contribution >= 0.6 is 0 Å². The van der Waals surface area contributed by atoms with Crippen LogP contribution in [0.4, 0.5) is 0 Å². The van der Waals surface area contributed by atoms with E-state index in [0.717, 1.165) is 17.5 Å². The molecular formula is C28H31N5O4S. The monoisotopic (exact) mass is 533 g/mol. The molecule has 0 radical (unpaired) electrons. The molecule has 0 saturated heterocycles. The Balaban J connectivity index is 1.45. The summed E-state index contributed by atoms with van der Waals surface area (Å²) in [5.41, 5.74) is 5.86. The molecule has 3 aromatic carbocycles. The van der Waals surface area contributed by atoms with Gasteiger partial charge in [0, 0.05) is 5.56 Å². The van der Waals surface area contributed by atoms with Gasteiger partial charge in [-0.15, -0.1) is 5.10 Å². The molecule has 0 fully saturated rings. The summed E-state index contributed by atoms with van der Waals surface area (Å²) in [4.78, 5) is 12.1. The van der Waals surface area contributed by atoms with Gasteiger partial charge < -0.3 is 0 Å². The number of hydrogen-bond acceptors (Lipinski definition) is 6. The zero-order valence-electron chi connectivity index (χ0n) is 21.1. The summed E-state index contributed by atoms with van der Waals surface area (Å²) in [7, 11) is -4.05. The summed E-state index contributed by atoms with van der Waals surface area (Å²) in [5, 5.41) is 17.6. The van der Waals surface area contributed by atoms with E-state index in [9.17, 15) is 13.2 Å². The van der Waals surface area contributed by atoms with Crippen LogP contribution in [0.3, 0.4) is 0 Å². The molecule has 0 spiro atoms. The van der Waals surface area contributed by atoms with Gasteiger partial charge >= 0.3 is 0 Å². The SMILES string of the molecule is CCCCCc1ccc(-c2cn(-c3ccc(S(=O)(=O)NC(Cc4ccccc4)C(=O)NO)cc3)nn2)cc1. The van der Waals surface area contributed by atoms with Crippen LogP contribution < -0.4 is 10.2 Å². The number of aryl methyl sites for hydroxylation is 1. The molecule has 9 nitrogen and oxygen atoms in total. The number of carbonyl (C=O) groups is 1. The number of amides is 1. The van der Waals surface area contributed by atoms with Gasteiger partial charge in [0.25, 0.3) is 5.91 Å². The molecule has 1 aromatic heterocycles. The Kier molecular flexibility index (Phi) is 9.01. The second-order valence-electron chi connectivity index (χ2n) is 9.04. The highest BCUT2D eigenvalue weighted by molar-refractivity contribution is 7.89. The maximum absolute atomic E-state index is 13.0. The molecule has 198 valence electrons. The van der Waals surface area contributed by atoms with E-state index >= 15 is 0 Å². The Morgan fingerprint density at radius 1 is 0.947 bits per heavy atom. The number of nitrogens with one attached hydrogen (secondary N) is 2. The van der Waals surface area contributed by atoms with E-state index in [1.54, 1.807) is 47.3 Å². The van der Waals surface area contributed by atoms with Crippen molar-refractivity contribution >= 4 is 15.9 Å². The smallest absolute Gasteiger partial charge is 0.261 e. The van der Waals surface area contributed by atoms with Crippen molar-refractivity contribution in [3.63, 3.8) is 0 Å². The average Bonchev–Trinajstić information content (AvgIpc) is 3.44. The second-order valence-corrected chi connectivity index (χ2v) is 10.7. The molecule has 4 rings (SSSR count). The molecule has 0 bridgehead atoms. The van der Waals surface area contributed by atoms with Gasteiger partial charge in [0.05, 0.1) is 16.8 Å². The van der Waals surface area contributed by atoms with Gasteiger partial charge in [-0.05, 0) is 54.7 Å². The Morgan fingerprint density at radius 3 is 2.32 bits per heavy atom. The summed E-state index contributed by atoms with van der Waals surface area (Å²) in [6.45, 7) is 2.19. The fourth-order valence-corrected chi connectivity index (χ4v) is 5.29. The second kappa shape index (κ2) is 12.6. The van der Waals surface area contributed by atoms with Crippen molar-refractivity contribution in [2.24, 2.45) is 0 Å².